The minimum atomic E-state index is -1.31. The Morgan fingerprint density at radius 3 is 2.46 bits per heavy atom. The second-order valence-corrected chi connectivity index (χ2v) is 2.30. The van der Waals surface area contributed by atoms with Crippen molar-refractivity contribution in [1.29, 1.82) is 0 Å². The second-order valence-electron chi connectivity index (χ2n) is 2.30. The largest absolute Gasteiger partial charge is 0.481 e. The number of hydrogen-bond acceptors (Lipinski definition) is 4. The van der Waals surface area contributed by atoms with Gasteiger partial charge in [0, 0.05) is 4.91 Å². The molecule has 0 heterocycles. The van der Waals surface area contributed by atoms with Gasteiger partial charge in [0.2, 0.25) is 0 Å². The van der Waals surface area contributed by atoms with Gasteiger partial charge in [0.05, 0.1) is 13.0 Å². The van der Waals surface area contributed by atoms with Crippen molar-refractivity contribution in [3.63, 3.8) is 0 Å². The van der Waals surface area contributed by atoms with Crippen molar-refractivity contribution >= 4 is 11.9 Å². The van der Waals surface area contributed by atoms with Crippen LogP contribution in [0.2, 0.25) is 0 Å². The van der Waals surface area contributed by atoms with Gasteiger partial charge in [-0.3, -0.25) is 9.59 Å². The first-order valence-corrected chi connectivity index (χ1v) is 3.39. The summed E-state index contributed by atoms with van der Waals surface area (Å²) in [6.45, 7) is 1.26. The van der Waals surface area contributed by atoms with E-state index in [-0.39, 0.29) is 0 Å². The first-order valence-electron chi connectivity index (χ1n) is 3.39. The smallest absolute Gasteiger partial charge is 0.315 e. The summed E-state index contributed by atoms with van der Waals surface area (Å²) in [5.41, 5.74) is 8.07. The lowest BCUT2D eigenvalue weighted by Crippen LogP contribution is -2.32. The van der Waals surface area contributed by atoms with Crippen molar-refractivity contribution in [3.05, 3.63) is 10.4 Å². The number of methoxy groups -OCH3 is 1. The molecule has 0 saturated carbocycles. The van der Waals surface area contributed by atoms with Crippen LogP contribution < -0.4 is 0 Å². The summed E-state index contributed by atoms with van der Waals surface area (Å²) in [7, 11) is 1.09. The summed E-state index contributed by atoms with van der Waals surface area (Å²) < 4.78 is 4.27. The Balaban J connectivity index is 4.69. The minimum absolute atomic E-state index is 0.854. The molecule has 0 fully saturated rings. The zero-order valence-corrected chi connectivity index (χ0v) is 7.17. The van der Waals surface area contributed by atoms with Crippen LogP contribution in [0.1, 0.15) is 6.92 Å². The maximum Gasteiger partial charge on any atom is 0.315 e. The maximum absolute atomic E-state index is 10.9. The molecule has 0 aromatic carbocycles. The number of hydrogen-bond donors (Lipinski definition) is 1. The molecule has 72 valence electrons. The van der Waals surface area contributed by atoms with Gasteiger partial charge in [0.15, 0.2) is 0 Å². The van der Waals surface area contributed by atoms with E-state index in [0.29, 0.717) is 0 Å². The van der Waals surface area contributed by atoms with E-state index in [1.54, 1.807) is 0 Å². The Labute approximate surface area is 73.9 Å². The van der Waals surface area contributed by atoms with Crippen molar-refractivity contribution in [2.75, 3.05) is 7.11 Å². The zero-order valence-electron chi connectivity index (χ0n) is 7.17. The standard InChI is InChI=1S/C6H9N3O4/c1-3(5(10)11)4(8-9-7)6(12)13-2/h3-4H,1-2H3,(H,10,11). The quantitative estimate of drug-likeness (QED) is 0.299. The first-order chi connectivity index (χ1) is 6.04. The van der Waals surface area contributed by atoms with Crippen molar-refractivity contribution in [3.8, 4) is 0 Å². The van der Waals surface area contributed by atoms with Crippen LogP contribution in [0.4, 0.5) is 0 Å². The maximum atomic E-state index is 10.9. The predicted octanol–water partition coefficient (Wildman–Crippen LogP) is 0.559. The van der Waals surface area contributed by atoms with Crippen molar-refractivity contribution < 1.29 is 19.4 Å². The fourth-order valence-electron chi connectivity index (χ4n) is 0.663. The average molecular weight is 187 g/mol. The molecule has 0 saturated heterocycles. The molecule has 13 heavy (non-hydrogen) atoms. The lowest BCUT2D eigenvalue weighted by atomic mass is 10.0. The lowest BCUT2D eigenvalue weighted by molar-refractivity contribution is -0.151. The van der Waals surface area contributed by atoms with E-state index < -0.39 is 23.9 Å². The molecule has 0 aliphatic carbocycles. The monoisotopic (exact) mass is 187 g/mol. The highest BCUT2D eigenvalue weighted by Gasteiger charge is 2.29. The Morgan fingerprint density at radius 2 is 2.15 bits per heavy atom. The summed E-state index contributed by atoms with van der Waals surface area (Å²) >= 11 is 0. The van der Waals surface area contributed by atoms with Crippen LogP contribution in [0.15, 0.2) is 5.11 Å². The predicted molar refractivity (Wildman–Crippen MR) is 41.7 cm³/mol. The van der Waals surface area contributed by atoms with Gasteiger partial charge >= 0.3 is 11.9 Å². The highest BCUT2D eigenvalue weighted by Crippen LogP contribution is 2.09. The Hall–Kier alpha value is -1.75. The molecule has 2 atom stereocenters. The zero-order chi connectivity index (χ0) is 10.4. The van der Waals surface area contributed by atoms with Crippen molar-refractivity contribution in [1.82, 2.24) is 0 Å². The third kappa shape index (κ3) is 3.00. The molecule has 0 radical (unpaired) electrons. The van der Waals surface area contributed by atoms with Gasteiger partial charge in [-0.25, -0.2) is 0 Å². The lowest BCUT2D eigenvalue weighted by Gasteiger charge is -2.12. The Morgan fingerprint density at radius 1 is 1.62 bits per heavy atom. The molecule has 0 bridgehead atoms. The number of carboxylic acid groups (broad SMARTS) is 1. The number of rotatable bonds is 4. The summed E-state index contributed by atoms with van der Waals surface area (Å²) in [5.74, 6) is -3.17. The van der Waals surface area contributed by atoms with Crippen LogP contribution in [-0.4, -0.2) is 30.2 Å². The molecule has 0 aromatic rings. The Kier molecular flexibility index (Phi) is 4.32. The van der Waals surface area contributed by atoms with Gasteiger partial charge < -0.3 is 9.84 Å². The van der Waals surface area contributed by atoms with Crippen molar-refractivity contribution in [2.24, 2.45) is 11.0 Å². The SMILES string of the molecule is COC(=O)C(N=[N+]=[N-])C(C)C(=O)O. The molecule has 0 rings (SSSR count). The van der Waals surface area contributed by atoms with Gasteiger partial charge in [-0.1, -0.05) is 12.0 Å². The van der Waals surface area contributed by atoms with Gasteiger partial charge in [-0.15, -0.1) is 0 Å². The third-order valence-corrected chi connectivity index (χ3v) is 1.48. The van der Waals surface area contributed by atoms with Crippen LogP contribution in [0, 0.1) is 5.92 Å². The van der Waals surface area contributed by atoms with Gasteiger partial charge in [0.25, 0.3) is 0 Å². The number of carbonyl (C=O) groups excluding carboxylic acids is 1. The average Bonchev–Trinajstić information content (AvgIpc) is 2.11. The third-order valence-electron chi connectivity index (χ3n) is 1.48. The summed E-state index contributed by atoms with van der Waals surface area (Å²) in [6.07, 6.45) is 0. The number of nitrogens with zero attached hydrogens (tertiary/aromatic N) is 3. The van der Waals surface area contributed by atoms with Gasteiger partial charge in [-0.05, 0) is 5.53 Å². The van der Waals surface area contributed by atoms with Gasteiger partial charge in [0.1, 0.15) is 6.04 Å². The van der Waals surface area contributed by atoms with E-state index in [4.69, 9.17) is 10.6 Å². The van der Waals surface area contributed by atoms with Crippen LogP contribution in [0.5, 0.6) is 0 Å². The molecule has 1 N–H and O–H groups in total. The highest BCUT2D eigenvalue weighted by molar-refractivity contribution is 5.83. The summed E-state index contributed by atoms with van der Waals surface area (Å²) in [4.78, 5) is 23.7. The number of carboxylic acids is 1. The molecule has 7 nitrogen and oxygen atoms in total. The Bertz CT molecular complexity index is 259. The van der Waals surface area contributed by atoms with E-state index in [0.717, 1.165) is 7.11 Å². The molecular weight excluding hydrogens is 178 g/mol. The van der Waals surface area contributed by atoms with Crippen LogP contribution in [0.3, 0.4) is 0 Å². The number of ether oxygens (including phenoxy) is 1. The second kappa shape index (κ2) is 5.00. The van der Waals surface area contributed by atoms with Crippen LogP contribution in [0.25, 0.3) is 10.4 Å². The van der Waals surface area contributed by atoms with Gasteiger partial charge in [-0.2, -0.15) is 0 Å². The number of azide groups is 1. The molecule has 2 unspecified atom stereocenters. The first kappa shape index (κ1) is 11.2. The molecular formula is C6H9N3O4. The molecule has 0 amide bonds. The molecule has 7 heteroatoms. The molecule has 0 aliphatic heterocycles. The highest BCUT2D eigenvalue weighted by atomic mass is 16.5. The van der Waals surface area contributed by atoms with Crippen LogP contribution >= 0.6 is 0 Å². The fourth-order valence-corrected chi connectivity index (χ4v) is 0.663. The molecule has 0 spiro atoms. The fraction of sp³-hybridized carbons (Fsp3) is 0.667. The van der Waals surface area contributed by atoms with E-state index in [2.05, 4.69) is 14.8 Å². The topological polar surface area (TPSA) is 112 Å². The van der Waals surface area contributed by atoms with E-state index in [9.17, 15) is 9.59 Å². The van der Waals surface area contributed by atoms with E-state index in [1.807, 2.05) is 0 Å². The molecule has 0 aliphatic rings. The van der Waals surface area contributed by atoms with Crippen LogP contribution in [-0.2, 0) is 14.3 Å². The van der Waals surface area contributed by atoms with E-state index in [1.165, 1.54) is 6.92 Å². The number of aliphatic carboxylic acids is 1. The summed E-state index contributed by atoms with van der Waals surface area (Å²) in [6, 6.07) is -1.31. The van der Waals surface area contributed by atoms with E-state index >= 15 is 0 Å². The normalized spacial score (nSPS) is 13.7. The number of carbonyl (C=O) groups is 2. The minimum Gasteiger partial charge on any atom is -0.481 e. The molecule has 0 aromatic heterocycles. The summed E-state index contributed by atoms with van der Waals surface area (Å²) in [5, 5.41) is 11.6. The van der Waals surface area contributed by atoms with Crippen molar-refractivity contribution in [2.45, 2.75) is 13.0 Å². The number of esters is 1.